The maximum absolute atomic E-state index is 13.3. The number of hydrogen-bond acceptors (Lipinski definition) is 3. The number of benzene rings is 1. The number of aliphatic hydroxyl groups is 1. The highest BCUT2D eigenvalue weighted by Crippen LogP contribution is 2.22. The van der Waals surface area contributed by atoms with E-state index in [-0.39, 0.29) is 5.82 Å². The van der Waals surface area contributed by atoms with Crippen LogP contribution in [0.2, 0.25) is 0 Å². The summed E-state index contributed by atoms with van der Waals surface area (Å²) in [7, 11) is 0. The number of nitrogens with zero attached hydrogens (tertiary/aromatic N) is 3. The monoisotopic (exact) mass is 249 g/mol. The van der Waals surface area contributed by atoms with Crippen LogP contribution in [0.15, 0.2) is 24.5 Å². The van der Waals surface area contributed by atoms with E-state index in [1.165, 1.54) is 18.5 Å². The van der Waals surface area contributed by atoms with Gasteiger partial charge in [-0.1, -0.05) is 13.0 Å². The molecular formula is C13H16FN3O. The number of aliphatic hydroxyl groups excluding tert-OH is 1. The molecule has 1 heterocycles. The van der Waals surface area contributed by atoms with Crippen molar-refractivity contribution >= 4 is 0 Å². The van der Waals surface area contributed by atoms with Gasteiger partial charge in [-0.3, -0.25) is 0 Å². The van der Waals surface area contributed by atoms with Crippen molar-refractivity contribution in [1.29, 1.82) is 0 Å². The molecule has 0 aliphatic rings. The number of aromatic nitrogens is 3. The standard InChI is InChI=1S/C13H16FN3O/c1-3-11(18)7-17-13(15-8-16-17)12-6-10(14)5-4-9(12)2/h4-6,8,11,18H,3,7H2,1-2H3/t11-/m0/s1. The van der Waals surface area contributed by atoms with Crippen molar-refractivity contribution in [2.75, 3.05) is 0 Å². The molecule has 5 heteroatoms. The van der Waals surface area contributed by atoms with E-state index in [9.17, 15) is 9.50 Å². The van der Waals surface area contributed by atoms with Gasteiger partial charge in [-0.05, 0) is 31.0 Å². The molecule has 0 spiro atoms. The summed E-state index contributed by atoms with van der Waals surface area (Å²) in [6.07, 6.45) is 1.59. The molecular weight excluding hydrogens is 233 g/mol. The third-order valence-corrected chi connectivity index (χ3v) is 2.91. The second kappa shape index (κ2) is 5.27. The lowest BCUT2D eigenvalue weighted by molar-refractivity contribution is 0.146. The normalized spacial score (nSPS) is 12.7. The molecule has 0 saturated heterocycles. The molecule has 1 N–H and O–H groups in total. The van der Waals surface area contributed by atoms with E-state index in [0.29, 0.717) is 24.4 Å². The van der Waals surface area contributed by atoms with E-state index in [0.717, 1.165) is 5.56 Å². The zero-order chi connectivity index (χ0) is 13.1. The van der Waals surface area contributed by atoms with Gasteiger partial charge in [0.15, 0.2) is 5.82 Å². The third kappa shape index (κ3) is 2.56. The van der Waals surface area contributed by atoms with E-state index in [4.69, 9.17) is 0 Å². The lowest BCUT2D eigenvalue weighted by Crippen LogP contribution is -2.16. The van der Waals surface area contributed by atoms with Crippen molar-refractivity contribution in [3.63, 3.8) is 0 Å². The SMILES string of the molecule is CC[C@H](O)Cn1ncnc1-c1cc(F)ccc1C. The lowest BCUT2D eigenvalue weighted by atomic mass is 10.1. The lowest BCUT2D eigenvalue weighted by Gasteiger charge is -2.11. The zero-order valence-electron chi connectivity index (χ0n) is 10.5. The topological polar surface area (TPSA) is 50.9 Å². The minimum atomic E-state index is -0.473. The molecule has 0 aliphatic heterocycles. The van der Waals surface area contributed by atoms with Crippen molar-refractivity contribution in [2.45, 2.75) is 32.9 Å². The Morgan fingerprint density at radius 2 is 2.22 bits per heavy atom. The van der Waals surface area contributed by atoms with Crippen molar-refractivity contribution in [3.05, 3.63) is 35.9 Å². The molecule has 2 rings (SSSR count). The molecule has 0 fully saturated rings. The smallest absolute Gasteiger partial charge is 0.158 e. The van der Waals surface area contributed by atoms with Crippen molar-refractivity contribution in [2.24, 2.45) is 0 Å². The number of hydrogen-bond donors (Lipinski definition) is 1. The highest BCUT2D eigenvalue weighted by Gasteiger charge is 2.13. The summed E-state index contributed by atoms with van der Waals surface area (Å²) in [5.41, 5.74) is 1.63. The van der Waals surface area contributed by atoms with Crippen molar-refractivity contribution in [3.8, 4) is 11.4 Å². The van der Waals surface area contributed by atoms with Gasteiger partial charge in [-0.2, -0.15) is 5.10 Å². The Bertz CT molecular complexity index is 539. The fourth-order valence-corrected chi connectivity index (χ4v) is 1.77. The summed E-state index contributed by atoms with van der Waals surface area (Å²) in [6, 6.07) is 4.56. The van der Waals surface area contributed by atoms with E-state index < -0.39 is 6.10 Å². The molecule has 2 aromatic rings. The number of rotatable bonds is 4. The first-order valence-corrected chi connectivity index (χ1v) is 5.94. The van der Waals surface area contributed by atoms with Gasteiger partial charge in [0.05, 0.1) is 12.6 Å². The maximum atomic E-state index is 13.3. The number of aryl methyl sites for hydroxylation is 1. The van der Waals surface area contributed by atoms with Crippen LogP contribution in [0.1, 0.15) is 18.9 Å². The van der Waals surface area contributed by atoms with Crippen LogP contribution in [0.5, 0.6) is 0 Å². The average molecular weight is 249 g/mol. The van der Waals surface area contributed by atoms with Crippen LogP contribution in [0.3, 0.4) is 0 Å². The van der Waals surface area contributed by atoms with E-state index in [2.05, 4.69) is 10.1 Å². The van der Waals surface area contributed by atoms with Crippen molar-refractivity contribution < 1.29 is 9.50 Å². The molecule has 1 aromatic carbocycles. The molecule has 1 atom stereocenters. The zero-order valence-corrected chi connectivity index (χ0v) is 10.5. The average Bonchev–Trinajstić information content (AvgIpc) is 2.80. The van der Waals surface area contributed by atoms with Crippen LogP contribution in [0, 0.1) is 12.7 Å². The Kier molecular flexibility index (Phi) is 3.72. The van der Waals surface area contributed by atoms with Crippen LogP contribution in [0.4, 0.5) is 4.39 Å². The first-order chi connectivity index (χ1) is 8.61. The highest BCUT2D eigenvalue weighted by molar-refractivity contribution is 5.59. The van der Waals surface area contributed by atoms with Gasteiger partial charge < -0.3 is 5.11 Å². The van der Waals surface area contributed by atoms with Gasteiger partial charge >= 0.3 is 0 Å². The van der Waals surface area contributed by atoms with Crippen LogP contribution >= 0.6 is 0 Å². The summed E-state index contributed by atoms with van der Waals surface area (Å²) in [5, 5.41) is 13.7. The van der Waals surface area contributed by atoms with Gasteiger partial charge in [0.25, 0.3) is 0 Å². The Labute approximate surface area is 105 Å². The van der Waals surface area contributed by atoms with E-state index in [1.54, 1.807) is 10.7 Å². The fraction of sp³-hybridized carbons (Fsp3) is 0.385. The minimum absolute atomic E-state index is 0.304. The van der Waals surface area contributed by atoms with Crippen LogP contribution in [-0.4, -0.2) is 26.0 Å². The molecule has 1 aromatic heterocycles. The molecule has 0 radical (unpaired) electrons. The molecule has 0 saturated carbocycles. The quantitative estimate of drug-likeness (QED) is 0.903. The molecule has 18 heavy (non-hydrogen) atoms. The van der Waals surface area contributed by atoms with Gasteiger partial charge in [-0.25, -0.2) is 14.1 Å². The predicted molar refractivity (Wildman–Crippen MR) is 66.5 cm³/mol. The second-order valence-electron chi connectivity index (χ2n) is 4.29. The van der Waals surface area contributed by atoms with Gasteiger partial charge in [0.1, 0.15) is 12.1 Å². The first-order valence-electron chi connectivity index (χ1n) is 5.94. The summed E-state index contributed by atoms with van der Waals surface area (Å²) in [5.74, 6) is 0.278. The fourth-order valence-electron chi connectivity index (χ4n) is 1.77. The molecule has 0 amide bonds. The second-order valence-corrected chi connectivity index (χ2v) is 4.29. The van der Waals surface area contributed by atoms with E-state index >= 15 is 0 Å². The Morgan fingerprint density at radius 1 is 1.44 bits per heavy atom. The maximum Gasteiger partial charge on any atom is 0.158 e. The van der Waals surface area contributed by atoms with Crippen LogP contribution < -0.4 is 0 Å². The summed E-state index contributed by atoms with van der Waals surface area (Å²) in [6.45, 7) is 4.15. The van der Waals surface area contributed by atoms with Gasteiger partial charge in [0, 0.05) is 5.56 Å². The Morgan fingerprint density at radius 3 is 2.94 bits per heavy atom. The third-order valence-electron chi connectivity index (χ3n) is 2.91. The summed E-state index contributed by atoms with van der Waals surface area (Å²) >= 11 is 0. The molecule has 0 unspecified atom stereocenters. The number of halogens is 1. The molecule has 4 nitrogen and oxygen atoms in total. The summed E-state index contributed by atoms with van der Waals surface area (Å²) in [4.78, 5) is 4.15. The predicted octanol–water partition coefficient (Wildman–Crippen LogP) is 2.16. The molecule has 0 bridgehead atoms. The Balaban J connectivity index is 2.39. The van der Waals surface area contributed by atoms with Crippen LogP contribution in [0.25, 0.3) is 11.4 Å². The summed E-state index contributed by atoms with van der Waals surface area (Å²) < 4.78 is 14.9. The van der Waals surface area contributed by atoms with E-state index in [1.807, 2.05) is 13.8 Å². The van der Waals surface area contributed by atoms with Crippen LogP contribution in [-0.2, 0) is 6.54 Å². The first kappa shape index (κ1) is 12.7. The Hall–Kier alpha value is -1.75. The largest absolute Gasteiger partial charge is 0.391 e. The van der Waals surface area contributed by atoms with Gasteiger partial charge in [-0.15, -0.1) is 0 Å². The highest BCUT2D eigenvalue weighted by atomic mass is 19.1. The minimum Gasteiger partial charge on any atom is -0.391 e. The van der Waals surface area contributed by atoms with Crippen molar-refractivity contribution in [1.82, 2.24) is 14.8 Å². The van der Waals surface area contributed by atoms with Gasteiger partial charge in [0.2, 0.25) is 0 Å². The molecule has 96 valence electrons. The molecule has 0 aliphatic carbocycles.